The van der Waals surface area contributed by atoms with Crippen molar-refractivity contribution in [2.75, 3.05) is 0 Å². The molecule has 7 nitrogen and oxygen atoms in total. The van der Waals surface area contributed by atoms with Crippen molar-refractivity contribution < 1.29 is 30.7 Å². The Morgan fingerprint density at radius 2 is 1.18 bits per heavy atom. The first-order valence-corrected chi connectivity index (χ1v) is 5.31. The normalized spacial score (nSPS) is 31.8. The predicted molar refractivity (Wildman–Crippen MR) is 31.8 cm³/mol. The van der Waals surface area contributed by atoms with Crippen molar-refractivity contribution in [3.8, 4) is 0 Å². The van der Waals surface area contributed by atoms with Crippen molar-refractivity contribution in [3.05, 3.63) is 0 Å². The number of epoxide rings is 1. The number of hydrogen-bond donors (Lipinski definition) is 2. The zero-order valence-electron chi connectivity index (χ0n) is 4.91. The van der Waals surface area contributed by atoms with Crippen LogP contribution in [-0.2, 0) is 25.0 Å². The minimum atomic E-state index is -4.52. The molecule has 0 amide bonds. The predicted octanol–water partition coefficient (Wildman–Crippen LogP) is -1.56. The summed E-state index contributed by atoms with van der Waals surface area (Å²) in [5.41, 5.74) is -3.67. The zero-order valence-corrected chi connectivity index (χ0v) is 6.54. The number of rotatable bonds is 2. The molecule has 0 aromatic rings. The third-order valence-electron chi connectivity index (χ3n) is 1.00. The van der Waals surface area contributed by atoms with Gasteiger partial charge in [-0.05, 0) is 0 Å². The third kappa shape index (κ3) is 1.87. The lowest BCUT2D eigenvalue weighted by atomic mass is 11.0. The molecular formula is C2H4O7S2. The van der Waals surface area contributed by atoms with Crippen LogP contribution in [0.1, 0.15) is 0 Å². The van der Waals surface area contributed by atoms with E-state index in [0.29, 0.717) is 0 Å². The van der Waals surface area contributed by atoms with Gasteiger partial charge in [0, 0.05) is 0 Å². The molecule has 2 atom stereocenters. The quantitative estimate of drug-likeness (QED) is 0.412. The van der Waals surface area contributed by atoms with E-state index >= 15 is 0 Å². The van der Waals surface area contributed by atoms with Crippen molar-refractivity contribution >= 4 is 20.2 Å². The van der Waals surface area contributed by atoms with Gasteiger partial charge in [-0.2, -0.15) is 16.8 Å². The van der Waals surface area contributed by atoms with Gasteiger partial charge in [0.05, 0.1) is 0 Å². The summed E-state index contributed by atoms with van der Waals surface area (Å²) < 4.78 is 60.7. The Morgan fingerprint density at radius 1 is 0.909 bits per heavy atom. The monoisotopic (exact) mass is 204 g/mol. The molecule has 1 fully saturated rings. The molecule has 0 aliphatic carbocycles. The zero-order chi connectivity index (χ0) is 8.86. The van der Waals surface area contributed by atoms with Gasteiger partial charge >= 0.3 is 0 Å². The highest BCUT2D eigenvalue weighted by Gasteiger charge is 2.57. The van der Waals surface area contributed by atoms with E-state index in [0.717, 1.165) is 0 Å². The van der Waals surface area contributed by atoms with Gasteiger partial charge in [0.15, 0.2) is 0 Å². The maximum atomic E-state index is 10.1. The molecular weight excluding hydrogens is 200 g/mol. The average molecular weight is 204 g/mol. The van der Waals surface area contributed by atoms with Crippen molar-refractivity contribution in [3.63, 3.8) is 0 Å². The van der Waals surface area contributed by atoms with Crippen molar-refractivity contribution in [1.29, 1.82) is 0 Å². The summed E-state index contributed by atoms with van der Waals surface area (Å²) in [5.74, 6) is 0. The van der Waals surface area contributed by atoms with Gasteiger partial charge in [-0.1, -0.05) is 0 Å². The molecule has 9 heteroatoms. The molecule has 1 rings (SSSR count). The smallest absolute Gasteiger partial charge is 0.296 e. The Bertz CT molecular complexity index is 312. The highest BCUT2D eigenvalue weighted by atomic mass is 32.2. The fraction of sp³-hybridized carbons (Fsp3) is 1.00. The third-order valence-corrected chi connectivity index (χ3v) is 3.06. The van der Waals surface area contributed by atoms with E-state index in [-0.39, 0.29) is 0 Å². The lowest BCUT2D eigenvalue weighted by Crippen LogP contribution is -2.15. The summed E-state index contributed by atoms with van der Waals surface area (Å²) in [6.07, 6.45) is 0. The fourth-order valence-corrected chi connectivity index (χ4v) is 2.50. The van der Waals surface area contributed by atoms with Crippen LogP contribution in [0.3, 0.4) is 0 Å². The van der Waals surface area contributed by atoms with Gasteiger partial charge in [0.25, 0.3) is 20.2 Å². The maximum Gasteiger partial charge on any atom is 0.296 e. The van der Waals surface area contributed by atoms with Crippen LogP contribution in [0, 0.1) is 0 Å². The number of ether oxygens (including phenoxy) is 1. The standard InChI is InChI=1S/C2H4O7S2/c3-10(4,5)1-2(9-1)11(6,7)8/h1-2H,(H,3,4,5)(H,6,7,8). The topological polar surface area (TPSA) is 121 Å². The average Bonchev–Trinajstić information content (AvgIpc) is 2.30. The fourth-order valence-electron chi connectivity index (χ4n) is 0.508. The molecule has 66 valence electrons. The molecule has 0 saturated carbocycles. The summed E-state index contributed by atoms with van der Waals surface area (Å²) in [7, 11) is -9.05. The van der Waals surface area contributed by atoms with E-state index in [2.05, 4.69) is 4.74 Å². The van der Waals surface area contributed by atoms with Gasteiger partial charge in [-0.15, -0.1) is 0 Å². The lowest BCUT2D eigenvalue weighted by molar-refractivity contribution is 0.389. The van der Waals surface area contributed by atoms with Crippen LogP contribution in [0.15, 0.2) is 0 Å². The highest BCUT2D eigenvalue weighted by Crippen LogP contribution is 2.30. The summed E-state index contributed by atoms with van der Waals surface area (Å²) in [6.45, 7) is 0. The molecule has 0 bridgehead atoms. The first kappa shape index (κ1) is 8.87. The van der Waals surface area contributed by atoms with E-state index in [1.54, 1.807) is 0 Å². The Labute approximate surface area is 62.5 Å². The van der Waals surface area contributed by atoms with Gasteiger partial charge in [-0.25, -0.2) is 0 Å². The molecule has 0 aromatic carbocycles. The summed E-state index contributed by atoms with van der Waals surface area (Å²) in [4.78, 5) is 0. The molecule has 1 aliphatic heterocycles. The highest BCUT2D eigenvalue weighted by molar-refractivity contribution is 7.91. The van der Waals surface area contributed by atoms with E-state index in [4.69, 9.17) is 9.11 Å². The van der Waals surface area contributed by atoms with Crippen LogP contribution in [0.2, 0.25) is 0 Å². The first-order valence-electron chi connectivity index (χ1n) is 2.31. The summed E-state index contributed by atoms with van der Waals surface area (Å²) in [6, 6.07) is 0. The van der Waals surface area contributed by atoms with E-state index in [1.165, 1.54) is 0 Å². The largest absolute Gasteiger partial charge is 0.330 e. The van der Waals surface area contributed by atoms with Crippen molar-refractivity contribution in [2.24, 2.45) is 0 Å². The molecule has 11 heavy (non-hydrogen) atoms. The van der Waals surface area contributed by atoms with Crippen LogP contribution < -0.4 is 0 Å². The van der Waals surface area contributed by atoms with Crippen molar-refractivity contribution in [2.45, 2.75) is 10.9 Å². The second kappa shape index (κ2) is 2.14. The van der Waals surface area contributed by atoms with Gasteiger partial charge in [-0.3, -0.25) is 9.11 Å². The van der Waals surface area contributed by atoms with E-state index in [1.807, 2.05) is 0 Å². The summed E-state index contributed by atoms with van der Waals surface area (Å²) >= 11 is 0. The molecule has 2 N–H and O–H groups in total. The van der Waals surface area contributed by atoms with Gasteiger partial charge in [0.2, 0.25) is 10.9 Å². The van der Waals surface area contributed by atoms with Crippen LogP contribution in [0.5, 0.6) is 0 Å². The van der Waals surface area contributed by atoms with Crippen LogP contribution >= 0.6 is 0 Å². The SMILES string of the molecule is O=S(=O)(O)C1OC1S(=O)(=O)O. The molecule has 0 radical (unpaired) electrons. The Hall–Kier alpha value is -0.220. The first-order chi connectivity index (χ1) is 4.73. The van der Waals surface area contributed by atoms with E-state index in [9.17, 15) is 16.8 Å². The van der Waals surface area contributed by atoms with Gasteiger partial charge < -0.3 is 4.74 Å². The summed E-state index contributed by atoms with van der Waals surface area (Å²) in [5, 5.41) is 0. The van der Waals surface area contributed by atoms with Crippen LogP contribution in [0.4, 0.5) is 0 Å². The molecule has 2 unspecified atom stereocenters. The van der Waals surface area contributed by atoms with Gasteiger partial charge in [0.1, 0.15) is 0 Å². The molecule has 1 heterocycles. The second-order valence-corrected chi connectivity index (χ2v) is 4.89. The lowest BCUT2D eigenvalue weighted by Gasteiger charge is -1.86. The Morgan fingerprint density at radius 3 is 1.27 bits per heavy atom. The Kier molecular flexibility index (Phi) is 1.72. The Balaban J connectivity index is 2.81. The van der Waals surface area contributed by atoms with Crippen LogP contribution in [0.25, 0.3) is 0 Å². The van der Waals surface area contributed by atoms with E-state index < -0.39 is 31.1 Å². The number of hydrogen-bond acceptors (Lipinski definition) is 5. The molecule has 1 saturated heterocycles. The van der Waals surface area contributed by atoms with Crippen molar-refractivity contribution in [1.82, 2.24) is 0 Å². The minimum Gasteiger partial charge on any atom is -0.330 e. The second-order valence-electron chi connectivity index (χ2n) is 1.90. The molecule has 0 aromatic heterocycles. The molecule has 1 aliphatic rings. The maximum absolute atomic E-state index is 10.1. The van der Waals surface area contributed by atoms with Crippen LogP contribution in [-0.4, -0.2) is 36.8 Å². The minimum absolute atomic E-state index is 1.84. The molecule has 0 spiro atoms.